The van der Waals surface area contributed by atoms with E-state index in [1.807, 2.05) is 0 Å². The van der Waals surface area contributed by atoms with E-state index in [1.54, 1.807) is 32.1 Å². The first kappa shape index (κ1) is 7.07. The highest BCUT2D eigenvalue weighted by molar-refractivity contribution is 4.80. The smallest absolute Gasteiger partial charge is 0 e. The minimum Gasteiger partial charge on any atom is -0.0528 e. The summed E-state index contributed by atoms with van der Waals surface area (Å²) in [5, 5.41) is 0. The highest BCUT2D eigenvalue weighted by Crippen LogP contribution is 2.41. The summed E-state index contributed by atoms with van der Waals surface area (Å²) in [6, 6.07) is 0. The molecule has 2 rings (SSSR count). The summed E-state index contributed by atoms with van der Waals surface area (Å²) in [6.45, 7) is 0. The highest BCUT2D eigenvalue weighted by atomic mass is 14.3. The fourth-order valence-corrected chi connectivity index (χ4v) is 2.40. The topological polar surface area (TPSA) is 30.5 Å². The van der Waals surface area contributed by atoms with Crippen LogP contribution in [0.15, 0.2) is 0 Å². The first-order chi connectivity index (χ1) is 3.95. The van der Waals surface area contributed by atoms with E-state index in [9.17, 15) is 0 Å². The van der Waals surface area contributed by atoms with E-state index in [-0.39, 0.29) is 6.15 Å². The van der Waals surface area contributed by atoms with Gasteiger partial charge in [-0.2, -0.15) is 0 Å². The fraction of sp³-hybridized carbons (Fsp3) is 1.00. The Morgan fingerprint density at radius 1 is 0.778 bits per heavy atom. The number of fused-ring (bicyclic) bond motifs is 2. The zero-order valence-corrected chi connectivity index (χ0v) is 5.84. The lowest BCUT2D eigenvalue weighted by Crippen LogP contribution is -2.03. The molecule has 0 aliphatic heterocycles. The minimum absolute atomic E-state index is 0. The van der Waals surface area contributed by atoms with E-state index in [2.05, 4.69) is 0 Å². The van der Waals surface area contributed by atoms with E-state index in [1.165, 1.54) is 6.42 Å². The van der Waals surface area contributed by atoms with Gasteiger partial charge in [-0.15, -0.1) is 0 Å². The van der Waals surface area contributed by atoms with Crippen LogP contribution in [0.5, 0.6) is 0 Å². The van der Waals surface area contributed by atoms with E-state index in [4.69, 9.17) is 0 Å². The van der Waals surface area contributed by atoms with E-state index in [0.29, 0.717) is 0 Å². The average molecular weight is 124 g/mol. The third-order valence-corrected chi connectivity index (χ3v) is 2.87. The summed E-state index contributed by atoms with van der Waals surface area (Å²) in [5.41, 5.74) is 0. The maximum atomic E-state index is 1.58. The summed E-state index contributed by atoms with van der Waals surface area (Å²) in [4.78, 5) is 0. The largest absolute Gasteiger partial charge is 0.0528 e. The Hall–Kier alpha value is -0.0400. The Morgan fingerprint density at radius 3 is 1.78 bits per heavy atom. The monoisotopic (exact) mass is 124 g/mol. The first-order valence-electron chi connectivity index (χ1n) is 3.95. The number of hydrogen-bond acceptors (Lipinski definition) is 0. The van der Waals surface area contributed by atoms with Crippen molar-refractivity contribution in [2.75, 3.05) is 0 Å². The van der Waals surface area contributed by atoms with Crippen LogP contribution < -0.4 is 6.15 Å². The van der Waals surface area contributed by atoms with E-state index in [0.717, 1.165) is 11.8 Å². The standard InChI is InChI=1S/C8H14.N/c1-2-7-4-5-8(3-1)6-7;/h7-8H,1-6H2;. The number of hydrogen-bond donors (Lipinski definition) is 0. The lowest BCUT2D eigenvalue weighted by Gasteiger charge is -2.16. The quantitative estimate of drug-likeness (QED) is 0.473. The van der Waals surface area contributed by atoms with Crippen molar-refractivity contribution in [3.05, 3.63) is 0 Å². The van der Waals surface area contributed by atoms with Gasteiger partial charge >= 0.3 is 0 Å². The fourth-order valence-electron chi connectivity index (χ4n) is 2.40. The molecule has 2 aliphatic carbocycles. The van der Waals surface area contributed by atoms with Crippen molar-refractivity contribution >= 4 is 0 Å². The molecule has 51 valence electrons. The van der Waals surface area contributed by atoms with Crippen LogP contribution in [0, 0.1) is 11.8 Å². The summed E-state index contributed by atoms with van der Waals surface area (Å²) in [7, 11) is 0. The van der Waals surface area contributed by atoms with Gasteiger partial charge in [0.15, 0.2) is 0 Å². The van der Waals surface area contributed by atoms with E-state index < -0.39 is 0 Å². The van der Waals surface area contributed by atoms with Crippen LogP contribution in [-0.2, 0) is 0 Å². The molecule has 9 heavy (non-hydrogen) atoms. The van der Waals surface area contributed by atoms with Crippen molar-refractivity contribution in [3.63, 3.8) is 0 Å². The molecule has 2 fully saturated rings. The molecule has 0 spiro atoms. The summed E-state index contributed by atoms with van der Waals surface area (Å²) >= 11 is 0. The zero-order valence-electron chi connectivity index (χ0n) is 5.84. The van der Waals surface area contributed by atoms with Gasteiger partial charge in [0.25, 0.3) is 0 Å². The van der Waals surface area contributed by atoms with Gasteiger partial charge in [-0.3, -0.25) is 0 Å². The molecule has 3 radical (unpaired) electrons. The summed E-state index contributed by atoms with van der Waals surface area (Å²) < 4.78 is 0. The van der Waals surface area contributed by atoms with Gasteiger partial charge in [0.1, 0.15) is 0 Å². The molecule has 1 nitrogen and oxygen atoms in total. The number of rotatable bonds is 0. The molecular weight excluding hydrogens is 110 g/mol. The zero-order chi connectivity index (χ0) is 5.40. The predicted octanol–water partition coefficient (Wildman–Crippen LogP) is 2.11. The molecule has 0 aromatic heterocycles. The van der Waals surface area contributed by atoms with Crippen molar-refractivity contribution in [1.29, 1.82) is 0 Å². The third kappa shape index (κ3) is 1.26. The van der Waals surface area contributed by atoms with Crippen LogP contribution >= 0.6 is 0 Å². The second kappa shape index (κ2) is 2.70. The van der Waals surface area contributed by atoms with Crippen molar-refractivity contribution in [2.24, 2.45) is 11.8 Å². The Bertz CT molecular complexity index is 76.6. The lowest BCUT2D eigenvalue weighted by molar-refractivity contribution is 0.359. The average Bonchev–Trinajstić information content (AvgIpc) is 2.12. The first-order valence-corrected chi connectivity index (χ1v) is 3.95. The normalized spacial score (nSPS) is 40.0. The van der Waals surface area contributed by atoms with Gasteiger partial charge in [-0.1, -0.05) is 32.1 Å². The molecule has 0 heterocycles. The van der Waals surface area contributed by atoms with Crippen molar-refractivity contribution in [2.45, 2.75) is 38.5 Å². The molecule has 2 saturated carbocycles. The molecule has 0 aromatic rings. The van der Waals surface area contributed by atoms with Crippen LogP contribution in [0.1, 0.15) is 38.5 Å². The summed E-state index contributed by atoms with van der Waals surface area (Å²) in [6.07, 6.45) is 9.34. The Balaban J connectivity index is 0.000000405. The van der Waals surface area contributed by atoms with Crippen molar-refractivity contribution in [1.82, 2.24) is 6.15 Å². The van der Waals surface area contributed by atoms with Gasteiger partial charge in [-0.05, 0) is 18.3 Å². The van der Waals surface area contributed by atoms with Gasteiger partial charge in [0.05, 0.1) is 0 Å². The predicted molar refractivity (Wildman–Crippen MR) is 36.8 cm³/mol. The molecule has 0 N–H and O–H groups in total. The third-order valence-electron chi connectivity index (χ3n) is 2.87. The van der Waals surface area contributed by atoms with Crippen LogP contribution in [0.2, 0.25) is 0 Å². The maximum Gasteiger partial charge on any atom is 0 e. The van der Waals surface area contributed by atoms with Crippen LogP contribution in [-0.4, -0.2) is 0 Å². The molecule has 0 amide bonds. The molecular formula is C8H14N. The second-order valence-electron chi connectivity index (χ2n) is 3.48. The van der Waals surface area contributed by atoms with Gasteiger partial charge in [0, 0.05) is 6.15 Å². The maximum absolute atomic E-state index is 1.58. The second-order valence-corrected chi connectivity index (χ2v) is 3.48. The molecule has 2 bridgehead atoms. The van der Waals surface area contributed by atoms with Crippen molar-refractivity contribution < 1.29 is 0 Å². The molecule has 0 saturated heterocycles. The Morgan fingerprint density at radius 2 is 1.33 bits per heavy atom. The Kier molecular flexibility index (Phi) is 2.12. The van der Waals surface area contributed by atoms with Gasteiger partial charge in [0.2, 0.25) is 0 Å². The molecule has 0 aromatic carbocycles. The SMILES string of the molecule is C1CC2CCC(C1)C2.[N]. The molecule has 1 heteroatoms. The van der Waals surface area contributed by atoms with Crippen LogP contribution in [0.3, 0.4) is 0 Å². The molecule has 2 atom stereocenters. The molecule has 2 aliphatic rings. The van der Waals surface area contributed by atoms with Crippen molar-refractivity contribution in [3.8, 4) is 0 Å². The highest BCUT2D eigenvalue weighted by Gasteiger charge is 2.27. The van der Waals surface area contributed by atoms with Gasteiger partial charge < -0.3 is 0 Å². The molecule has 2 unspecified atom stereocenters. The summed E-state index contributed by atoms with van der Waals surface area (Å²) in [5.74, 6) is 2.32. The van der Waals surface area contributed by atoms with Crippen LogP contribution in [0.4, 0.5) is 0 Å². The van der Waals surface area contributed by atoms with Crippen LogP contribution in [0.25, 0.3) is 0 Å². The lowest BCUT2D eigenvalue weighted by atomic mass is 9.89. The minimum atomic E-state index is 0. The number of nitrogens with zero attached hydrogens (tertiary/aromatic N) is 1. The Labute approximate surface area is 57.4 Å². The van der Waals surface area contributed by atoms with E-state index >= 15 is 0 Å². The van der Waals surface area contributed by atoms with Gasteiger partial charge in [-0.25, -0.2) is 0 Å².